The molecule has 1 saturated heterocycles. The van der Waals surface area contributed by atoms with E-state index in [0.717, 1.165) is 30.3 Å². The monoisotopic (exact) mass is 323 g/mol. The molecule has 1 aromatic rings. The molecule has 1 amide bonds. The number of hydrogen-bond donors (Lipinski definition) is 0. The van der Waals surface area contributed by atoms with Gasteiger partial charge in [0, 0.05) is 23.5 Å². The summed E-state index contributed by atoms with van der Waals surface area (Å²) < 4.78 is 1.12. The number of carbonyl (C=O) groups excluding carboxylic acids is 1. The third-order valence-electron chi connectivity index (χ3n) is 3.94. The van der Waals surface area contributed by atoms with Gasteiger partial charge in [-0.1, -0.05) is 28.1 Å². The second kappa shape index (κ2) is 6.56. The number of hydrogen-bond acceptors (Lipinski definition) is 1. The van der Waals surface area contributed by atoms with Gasteiger partial charge in [0.05, 0.1) is 0 Å². The zero-order chi connectivity index (χ0) is 13.8. The molecule has 1 aliphatic rings. The normalized spacial score (nSPS) is 19.5. The molecule has 1 aliphatic heterocycles. The van der Waals surface area contributed by atoms with Gasteiger partial charge in [-0.2, -0.15) is 0 Å². The maximum absolute atomic E-state index is 12.3. The third kappa shape index (κ3) is 3.82. The Kier molecular flexibility index (Phi) is 5.03. The summed E-state index contributed by atoms with van der Waals surface area (Å²) in [5.74, 6) is 0.305. The van der Waals surface area contributed by atoms with E-state index in [1.807, 2.05) is 0 Å². The summed E-state index contributed by atoms with van der Waals surface area (Å²) >= 11 is 3.58. The van der Waals surface area contributed by atoms with E-state index < -0.39 is 0 Å². The van der Waals surface area contributed by atoms with Gasteiger partial charge < -0.3 is 4.90 Å². The SMILES string of the molecule is Cc1ccc(CCC(=O)N2CCCCC2C)c(Br)c1. The molecule has 1 fully saturated rings. The summed E-state index contributed by atoms with van der Waals surface area (Å²) in [5, 5.41) is 0. The van der Waals surface area contributed by atoms with Crippen LogP contribution < -0.4 is 0 Å². The second-order valence-electron chi connectivity index (χ2n) is 5.53. The van der Waals surface area contributed by atoms with Gasteiger partial charge in [0.25, 0.3) is 0 Å². The van der Waals surface area contributed by atoms with Gasteiger partial charge in [0.2, 0.25) is 5.91 Å². The van der Waals surface area contributed by atoms with Gasteiger partial charge in [-0.05, 0) is 56.7 Å². The minimum absolute atomic E-state index is 0.305. The summed E-state index contributed by atoms with van der Waals surface area (Å²) in [6, 6.07) is 6.76. The molecular formula is C16H22BrNO. The highest BCUT2D eigenvalue weighted by atomic mass is 79.9. The minimum atomic E-state index is 0.305. The first-order chi connectivity index (χ1) is 9.08. The van der Waals surface area contributed by atoms with Crippen LogP contribution in [0.3, 0.4) is 0 Å². The number of nitrogens with zero attached hydrogens (tertiary/aromatic N) is 1. The average Bonchev–Trinajstić information content (AvgIpc) is 2.38. The molecule has 0 aliphatic carbocycles. The number of carbonyl (C=O) groups is 1. The van der Waals surface area contributed by atoms with Gasteiger partial charge in [-0.3, -0.25) is 4.79 Å². The van der Waals surface area contributed by atoms with Crippen LogP contribution in [-0.4, -0.2) is 23.4 Å². The number of benzene rings is 1. The van der Waals surface area contributed by atoms with Crippen molar-refractivity contribution in [3.05, 3.63) is 33.8 Å². The van der Waals surface area contributed by atoms with Crippen LogP contribution in [0.1, 0.15) is 43.7 Å². The topological polar surface area (TPSA) is 20.3 Å². The smallest absolute Gasteiger partial charge is 0.223 e. The number of aryl methyl sites for hydroxylation is 2. The molecule has 0 N–H and O–H groups in total. The van der Waals surface area contributed by atoms with E-state index in [1.54, 1.807) is 0 Å². The first-order valence-electron chi connectivity index (χ1n) is 7.12. The van der Waals surface area contributed by atoms with Gasteiger partial charge in [0.1, 0.15) is 0 Å². The molecule has 0 spiro atoms. The Bertz CT molecular complexity index is 458. The Balaban J connectivity index is 1.92. The van der Waals surface area contributed by atoms with Crippen LogP contribution in [0.25, 0.3) is 0 Å². The van der Waals surface area contributed by atoms with E-state index in [1.165, 1.54) is 17.5 Å². The molecule has 1 unspecified atom stereocenters. The fourth-order valence-electron chi connectivity index (χ4n) is 2.71. The van der Waals surface area contributed by atoms with Crippen molar-refractivity contribution < 1.29 is 4.79 Å². The van der Waals surface area contributed by atoms with Crippen molar-refractivity contribution in [2.45, 2.75) is 52.0 Å². The summed E-state index contributed by atoms with van der Waals surface area (Å²) in [7, 11) is 0. The number of halogens is 1. The second-order valence-corrected chi connectivity index (χ2v) is 6.38. The van der Waals surface area contributed by atoms with E-state index in [-0.39, 0.29) is 0 Å². The minimum Gasteiger partial charge on any atom is -0.340 e. The summed E-state index contributed by atoms with van der Waals surface area (Å²) in [4.78, 5) is 14.3. The fraction of sp³-hybridized carbons (Fsp3) is 0.562. The molecule has 1 atom stereocenters. The highest BCUT2D eigenvalue weighted by molar-refractivity contribution is 9.10. The molecule has 104 valence electrons. The molecule has 0 bridgehead atoms. The van der Waals surface area contributed by atoms with Crippen molar-refractivity contribution >= 4 is 21.8 Å². The zero-order valence-electron chi connectivity index (χ0n) is 11.8. The van der Waals surface area contributed by atoms with Crippen molar-refractivity contribution in [1.29, 1.82) is 0 Å². The molecule has 0 radical (unpaired) electrons. The van der Waals surface area contributed by atoms with Crippen LogP contribution in [0.4, 0.5) is 0 Å². The quantitative estimate of drug-likeness (QED) is 0.820. The molecule has 0 aromatic heterocycles. The van der Waals surface area contributed by atoms with Gasteiger partial charge in [-0.15, -0.1) is 0 Å². The maximum Gasteiger partial charge on any atom is 0.223 e. The summed E-state index contributed by atoms with van der Waals surface area (Å²) in [6.07, 6.45) is 5.01. The first kappa shape index (κ1) is 14.6. The van der Waals surface area contributed by atoms with Crippen molar-refractivity contribution in [3.8, 4) is 0 Å². The summed E-state index contributed by atoms with van der Waals surface area (Å²) in [6.45, 7) is 5.18. The highest BCUT2D eigenvalue weighted by Gasteiger charge is 2.22. The molecule has 3 heteroatoms. The largest absolute Gasteiger partial charge is 0.340 e. The number of likely N-dealkylation sites (tertiary alicyclic amines) is 1. The van der Waals surface area contributed by atoms with Gasteiger partial charge in [0.15, 0.2) is 0 Å². The molecule has 2 rings (SSSR count). The predicted molar refractivity (Wildman–Crippen MR) is 82.2 cm³/mol. The predicted octanol–water partition coefficient (Wildman–Crippen LogP) is 4.09. The number of rotatable bonds is 3. The Morgan fingerprint density at radius 1 is 1.42 bits per heavy atom. The van der Waals surface area contributed by atoms with Gasteiger partial charge in [-0.25, -0.2) is 0 Å². The van der Waals surface area contributed by atoms with Gasteiger partial charge >= 0.3 is 0 Å². The van der Waals surface area contributed by atoms with Crippen LogP contribution in [0.5, 0.6) is 0 Å². The van der Waals surface area contributed by atoms with Crippen molar-refractivity contribution in [2.75, 3.05) is 6.54 Å². The third-order valence-corrected chi connectivity index (χ3v) is 4.68. The first-order valence-corrected chi connectivity index (χ1v) is 7.91. The zero-order valence-corrected chi connectivity index (χ0v) is 13.4. The van der Waals surface area contributed by atoms with Crippen LogP contribution in [-0.2, 0) is 11.2 Å². The number of piperidine rings is 1. The van der Waals surface area contributed by atoms with E-state index in [0.29, 0.717) is 18.4 Å². The van der Waals surface area contributed by atoms with E-state index >= 15 is 0 Å². The van der Waals surface area contributed by atoms with Crippen molar-refractivity contribution in [2.24, 2.45) is 0 Å². The van der Waals surface area contributed by atoms with Crippen molar-refractivity contribution in [3.63, 3.8) is 0 Å². The number of amides is 1. The van der Waals surface area contributed by atoms with Crippen LogP contribution >= 0.6 is 15.9 Å². The average molecular weight is 324 g/mol. The Morgan fingerprint density at radius 2 is 2.21 bits per heavy atom. The van der Waals surface area contributed by atoms with E-state index in [2.05, 4.69) is 52.9 Å². The van der Waals surface area contributed by atoms with E-state index in [9.17, 15) is 4.79 Å². The molecule has 19 heavy (non-hydrogen) atoms. The van der Waals surface area contributed by atoms with Crippen LogP contribution in [0.15, 0.2) is 22.7 Å². The molecule has 1 heterocycles. The summed E-state index contributed by atoms with van der Waals surface area (Å²) in [5.41, 5.74) is 2.47. The standard InChI is InChI=1S/C16H22BrNO/c1-12-6-7-14(15(17)11-12)8-9-16(19)18-10-4-3-5-13(18)2/h6-7,11,13H,3-5,8-10H2,1-2H3. The molecule has 0 saturated carbocycles. The van der Waals surface area contributed by atoms with Crippen LogP contribution in [0.2, 0.25) is 0 Å². The highest BCUT2D eigenvalue weighted by Crippen LogP contribution is 2.22. The molecule has 2 nitrogen and oxygen atoms in total. The Labute approximate surface area is 124 Å². The molecular weight excluding hydrogens is 302 g/mol. The lowest BCUT2D eigenvalue weighted by atomic mass is 10.0. The fourth-order valence-corrected chi connectivity index (χ4v) is 3.40. The lowest BCUT2D eigenvalue weighted by molar-refractivity contribution is -0.134. The molecule has 1 aromatic carbocycles. The lowest BCUT2D eigenvalue weighted by Gasteiger charge is -2.33. The maximum atomic E-state index is 12.3. The Hall–Kier alpha value is -0.830. The van der Waals surface area contributed by atoms with Crippen molar-refractivity contribution in [1.82, 2.24) is 4.90 Å². The Morgan fingerprint density at radius 3 is 2.89 bits per heavy atom. The van der Waals surface area contributed by atoms with E-state index in [4.69, 9.17) is 0 Å². The van der Waals surface area contributed by atoms with Crippen LogP contribution in [0, 0.1) is 6.92 Å². The lowest BCUT2D eigenvalue weighted by Crippen LogP contribution is -2.42.